The van der Waals surface area contributed by atoms with Gasteiger partial charge in [0.1, 0.15) is 0 Å². The summed E-state index contributed by atoms with van der Waals surface area (Å²) in [5.41, 5.74) is 5.59. The number of esters is 1. The molecule has 0 aliphatic rings. The Bertz CT molecular complexity index is 390. The lowest BCUT2D eigenvalue weighted by Gasteiger charge is -2.20. The molecule has 4 nitrogen and oxygen atoms in total. The summed E-state index contributed by atoms with van der Waals surface area (Å²) in [6, 6.07) is 0. The van der Waals surface area contributed by atoms with Crippen LogP contribution in [0.5, 0.6) is 0 Å². The Hall–Kier alpha value is -0.610. The molecule has 0 saturated carbocycles. The van der Waals surface area contributed by atoms with Crippen molar-refractivity contribution in [2.24, 2.45) is 11.7 Å². The van der Waals surface area contributed by atoms with Gasteiger partial charge in [0.05, 0.1) is 12.5 Å². The number of unbranched alkanes of at least 4 members (excludes halogenated alkanes) is 12. The average molecular weight is 455 g/mol. The molecular weight excluding hydrogens is 396 g/mol. The van der Waals surface area contributed by atoms with Gasteiger partial charge in [0.2, 0.25) is 0 Å². The van der Waals surface area contributed by atoms with E-state index in [2.05, 4.69) is 25.7 Å². The Morgan fingerprint density at radius 2 is 1.19 bits per heavy atom. The molecule has 2 N–H and O–H groups in total. The Morgan fingerprint density at radius 3 is 1.78 bits per heavy atom. The predicted molar refractivity (Wildman–Crippen MR) is 140 cm³/mol. The number of carbonyl (C=O) groups excluding carboxylic acids is 1. The number of hydrogen-bond acceptors (Lipinski definition) is 4. The van der Waals surface area contributed by atoms with Crippen LogP contribution in [0.2, 0.25) is 0 Å². The van der Waals surface area contributed by atoms with Crippen LogP contribution in [0.25, 0.3) is 0 Å². The maximum atomic E-state index is 12.7. The van der Waals surface area contributed by atoms with Crippen molar-refractivity contribution in [2.75, 3.05) is 32.8 Å². The molecular formula is C28H58N2O2. The topological polar surface area (TPSA) is 55.6 Å². The molecule has 0 heterocycles. The van der Waals surface area contributed by atoms with E-state index in [9.17, 15) is 4.79 Å². The Labute approximate surface area is 201 Å². The second kappa shape index (κ2) is 25.0. The summed E-state index contributed by atoms with van der Waals surface area (Å²) in [4.78, 5) is 15.2. The number of hydrogen-bond donors (Lipinski definition) is 1. The minimum absolute atomic E-state index is 0.0760. The van der Waals surface area contributed by atoms with Gasteiger partial charge in [-0.25, -0.2) is 0 Å². The van der Waals surface area contributed by atoms with E-state index in [1.165, 1.54) is 96.6 Å². The van der Waals surface area contributed by atoms with Crippen LogP contribution in [0.3, 0.4) is 0 Å². The molecule has 0 fully saturated rings. The number of rotatable bonds is 25. The van der Waals surface area contributed by atoms with Crippen molar-refractivity contribution >= 4 is 5.97 Å². The van der Waals surface area contributed by atoms with Gasteiger partial charge < -0.3 is 15.4 Å². The molecule has 1 unspecified atom stereocenters. The summed E-state index contributed by atoms with van der Waals surface area (Å²) in [6.07, 6.45) is 21.7. The second-order valence-corrected chi connectivity index (χ2v) is 9.61. The van der Waals surface area contributed by atoms with Gasteiger partial charge in [-0.3, -0.25) is 4.79 Å². The highest BCUT2D eigenvalue weighted by molar-refractivity contribution is 5.72. The van der Waals surface area contributed by atoms with Crippen molar-refractivity contribution in [1.29, 1.82) is 0 Å². The maximum Gasteiger partial charge on any atom is 0.308 e. The van der Waals surface area contributed by atoms with Crippen molar-refractivity contribution in [3.8, 4) is 0 Å². The molecule has 0 saturated heterocycles. The molecule has 192 valence electrons. The van der Waals surface area contributed by atoms with Crippen LogP contribution in [0.4, 0.5) is 0 Å². The van der Waals surface area contributed by atoms with E-state index in [1.54, 1.807) is 0 Å². The third-order valence-electron chi connectivity index (χ3n) is 6.63. The molecule has 32 heavy (non-hydrogen) atoms. The van der Waals surface area contributed by atoms with Gasteiger partial charge >= 0.3 is 5.97 Å². The molecule has 1 atom stereocenters. The smallest absolute Gasteiger partial charge is 0.308 e. The van der Waals surface area contributed by atoms with Crippen molar-refractivity contribution in [3.63, 3.8) is 0 Å². The lowest BCUT2D eigenvalue weighted by atomic mass is 9.94. The Balaban J connectivity index is 3.98. The number of ether oxygens (including phenoxy) is 1. The fourth-order valence-electron chi connectivity index (χ4n) is 4.36. The van der Waals surface area contributed by atoms with E-state index >= 15 is 0 Å². The molecule has 0 aliphatic heterocycles. The van der Waals surface area contributed by atoms with Crippen molar-refractivity contribution in [2.45, 2.75) is 136 Å². The van der Waals surface area contributed by atoms with Crippen LogP contribution in [0.15, 0.2) is 0 Å². The Morgan fingerprint density at radius 1 is 0.688 bits per heavy atom. The summed E-state index contributed by atoms with van der Waals surface area (Å²) in [5.74, 6) is 0.205. The first-order valence-electron chi connectivity index (χ1n) is 14.3. The predicted octanol–water partition coefficient (Wildman–Crippen LogP) is 7.49. The second-order valence-electron chi connectivity index (χ2n) is 9.61. The first-order valence-corrected chi connectivity index (χ1v) is 14.3. The van der Waals surface area contributed by atoms with Crippen LogP contribution < -0.4 is 5.73 Å². The molecule has 0 amide bonds. The van der Waals surface area contributed by atoms with Crippen LogP contribution in [-0.4, -0.2) is 43.7 Å². The molecule has 0 radical (unpaired) electrons. The minimum atomic E-state index is 0.0760. The van der Waals surface area contributed by atoms with Gasteiger partial charge in [0, 0.05) is 0 Å². The van der Waals surface area contributed by atoms with Gasteiger partial charge in [0.25, 0.3) is 0 Å². The normalized spacial score (nSPS) is 12.4. The molecule has 0 bridgehead atoms. The summed E-state index contributed by atoms with van der Waals surface area (Å²) in [5, 5.41) is 0. The fourth-order valence-corrected chi connectivity index (χ4v) is 4.36. The number of nitrogens with zero attached hydrogens (tertiary/aromatic N) is 1. The summed E-state index contributed by atoms with van der Waals surface area (Å²) in [7, 11) is 0. The molecule has 0 aromatic heterocycles. The standard InChI is InChI=1S/C28H58N2O2/c1-4-7-9-11-12-16-22-27(21-15-10-8-5-2)28(31)32-26-20-14-13-18-24-30(6-3)25-19-17-23-29/h27H,4-26,29H2,1-3H3. The third kappa shape index (κ3) is 20.0. The van der Waals surface area contributed by atoms with E-state index in [0.717, 1.165) is 45.2 Å². The lowest BCUT2D eigenvalue weighted by molar-refractivity contribution is -0.149. The van der Waals surface area contributed by atoms with E-state index < -0.39 is 0 Å². The lowest BCUT2D eigenvalue weighted by Crippen LogP contribution is -2.26. The zero-order chi connectivity index (χ0) is 23.7. The van der Waals surface area contributed by atoms with Crippen LogP contribution in [0, 0.1) is 5.92 Å². The number of nitrogens with two attached hydrogens (primary N) is 1. The summed E-state index contributed by atoms with van der Waals surface area (Å²) >= 11 is 0. The first-order chi connectivity index (χ1) is 15.7. The molecule has 0 aromatic carbocycles. The SMILES string of the molecule is CCCCCCCCC(CCCCCC)C(=O)OCCCCCCN(CC)CCCCN. The highest BCUT2D eigenvalue weighted by Gasteiger charge is 2.19. The maximum absolute atomic E-state index is 12.7. The molecule has 4 heteroatoms. The largest absolute Gasteiger partial charge is 0.465 e. The van der Waals surface area contributed by atoms with Gasteiger partial charge in [0.15, 0.2) is 0 Å². The van der Waals surface area contributed by atoms with Gasteiger partial charge in [-0.1, -0.05) is 97.8 Å². The number of carbonyl (C=O) groups is 1. The van der Waals surface area contributed by atoms with Crippen molar-refractivity contribution in [1.82, 2.24) is 4.90 Å². The quantitative estimate of drug-likeness (QED) is 0.115. The molecule has 0 aliphatic carbocycles. The molecule has 0 aromatic rings. The van der Waals surface area contributed by atoms with Gasteiger partial charge in [-0.2, -0.15) is 0 Å². The van der Waals surface area contributed by atoms with Crippen LogP contribution in [-0.2, 0) is 9.53 Å². The van der Waals surface area contributed by atoms with Crippen LogP contribution in [0.1, 0.15) is 136 Å². The zero-order valence-electron chi connectivity index (χ0n) is 22.2. The van der Waals surface area contributed by atoms with E-state index in [1.807, 2.05) is 0 Å². The zero-order valence-corrected chi connectivity index (χ0v) is 22.2. The monoisotopic (exact) mass is 454 g/mol. The highest BCUT2D eigenvalue weighted by Crippen LogP contribution is 2.20. The first kappa shape index (κ1) is 31.4. The van der Waals surface area contributed by atoms with E-state index in [0.29, 0.717) is 6.61 Å². The molecule has 0 rings (SSSR count). The van der Waals surface area contributed by atoms with Crippen molar-refractivity contribution in [3.05, 3.63) is 0 Å². The summed E-state index contributed by atoms with van der Waals surface area (Å²) < 4.78 is 5.71. The third-order valence-corrected chi connectivity index (χ3v) is 6.63. The molecule has 0 spiro atoms. The summed E-state index contributed by atoms with van der Waals surface area (Å²) in [6.45, 7) is 11.6. The minimum Gasteiger partial charge on any atom is -0.465 e. The van der Waals surface area contributed by atoms with Gasteiger partial charge in [-0.15, -0.1) is 0 Å². The van der Waals surface area contributed by atoms with Crippen molar-refractivity contribution < 1.29 is 9.53 Å². The fraction of sp³-hybridized carbons (Fsp3) is 0.964. The van der Waals surface area contributed by atoms with E-state index in [-0.39, 0.29) is 11.9 Å². The Kier molecular flexibility index (Phi) is 24.5. The van der Waals surface area contributed by atoms with Crippen LogP contribution >= 0.6 is 0 Å². The van der Waals surface area contributed by atoms with E-state index in [4.69, 9.17) is 10.5 Å². The average Bonchev–Trinajstić information content (AvgIpc) is 2.80. The highest BCUT2D eigenvalue weighted by atomic mass is 16.5. The van der Waals surface area contributed by atoms with Gasteiger partial charge in [-0.05, 0) is 64.7 Å².